The first-order valence-corrected chi connectivity index (χ1v) is 8.82. The highest BCUT2D eigenvalue weighted by atomic mass is 79.9. The molecule has 0 radical (unpaired) electrons. The largest absolute Gasteiger partial charge is 0.396 e. The molecule has 0 fully saturated rings. The quantitative estimate of drug-likeness (QED) is 0.785. The highest BCUT2D eigenvalue weighted by Gasteiger charge is 2.19. The third kappa shape index (κ3) is 3.57. The molecule has 0 amide bonds. The standard InChI is InChI=1S/C12H12BrFN2O2S2/c13-9-6-10(14)11(15)7-12(9)20(17,18)16-4-3-8-2-1-5-19-8/h1-2,5-7,16H,3-4,15H2. The maximum absolute atomic E-state index is 13.2. The van der Waals surface area contributed by atoms with Crippen molar-refractivity contribution in [2.75, 3.05) is 12.3 Å². The Morgan fingerprint density at radius 3 is 2.80 bits per heavy atom. The molecule has 8 heteroatoms. The Kier molecular flexibility index (Phi) is 4.79. The van der Waals surface area contributed by atoms with E-state index in [1.165, 1.54) is 0 Å². The van der Waals surface area contributed by atoms with Gasteiger partial charge in [0.05, 0.1) is 10.6 Å². The zero-order chi connectivity index (χ0) is 14.8. The van der Waals surface area contributed by atoms with E-state index in [2.05, 4.69) is 20.7 Å². The number of rotatable bonds is 5. The Morgan fingerprint density at radius 1 is 1.40 bits per heavy atom. The second-order valence-electron chi connectivity index (χ2n) is 4.03. The Hall–Kier alpha value is -0.960. The van der Waals surface area contributed by atoms with E-state index in [-0.39, 0.29) is 21.6 Å². The minimum Gasteiger partial charge on any atom is -0.396 e. The van der Waals surface area contributed by atoms with Crippen LogP contribution in [0.5, 0.6) is 0 Å². The number of thiophene rings is 1. The van der Waals surface area contributed by atoms with E-state index in [4.69, 9.17) is 5.73 Å². The van der Waals surface area contributed by atoms with Crippen LogP contribution in [0.3, 0.4) is 0 Å². The first-order valence-electron chi connectivity index (χ1n) is 5.67. The highest BCUT2D eigenvalue weighted by molar-refractivity contribution is 9.10. The van der Waals surface area contributed by atoms with Crippen LogP contribution in [0, 0.1) is 5.82 Å². The van der Waals surface area contributed by atoms with Crippen LogP contribution < -0.4 is 10.5 Å². The van der Waals surface area contributed by atoms with Gasteiger partial charge in [0.1, 0.15) is 5.82 Å². The summed E-state index contributed by atoms with van der Waals surface area (Å²) in [4.78, 5) is 1.02. The highest BCUT2D eigenvalue weighted by Crippen LogP contribution is 2.26. The van der Waals surface area contributed by atoms with Crippen molar-refractivity contribution in [3.8, 4) is 0 Å². The molecular formula is C12H12BrFN2O2S2. The fraction of sp³-hybridized carbons (Fsp3) is 0.167. The van der Waals surface area contributed by atoms with Crippen LogP contribution in [0.2, 0.25) is 0 Å². The summed E-state index contributed by atoms with van der Waals surface area (Å²) < 4.78 is 40.1. The SMILES string of the molecule is Nc1cc(S(=O)(=O)NCCc2cccs2)c(Br)cc1F. The Morgan fingerprint density at radius 2 is 2.15 bits per heavy atom. The maximum Gasteiger partial charge on any atom is 0.241 e. The van der Waals surface area contributed by atoms with Crippen molar-refractivity contribution in [2.24, 2.45) is 0 Å². The summed E-state index contributed by atoms with van der Waals surface area (Å²) in [6, 6.07) is 5.99. The molecule has 0 bridgehead atoms. The summed E-state index contributed by atoms with van der Waals surface area (Å²) in [7, 11) is -3.72. The average Bonchev–Trinajstić information content (AvgIpc) is 2.86. The van der Waals surface area contributed by atoms with E-state index in [1.807, 2.05) is 17.5 Å². The molecular weight excluding hydrogens is 367 g/mol. The predicted octanol–water partition coefficient (Wildman–Crippen LogP) is 2.75. The van der Waals surface area contributed by atoms with Crippen LogP contribution in [0.1, 0.15) is 4.88 Å². The molecule has 0 aliphatic carbocycles. The normalized spacial score (nSPS) is 11.7. The molecule has 0 saturated carbocycles. The van der Waals surface area contributed by atoms with E-state index in [0.717, 1.165) is 17.0 Å². The summed E-state index contributed by atoms with van der Waals surface area (Å²) in [5, 5.41) is 1.93. The van der Waals surface area contributed by atoms with Gasteiger partial charge in [-0.15, -0.1) is 11.3 Å². The van der Waals surface area contributed by atoms with Crippen molar-refractivity contribution in [1.82, 2.24) is 4.72 Å². The zero-order valence-electron chi connectivity index (χ0n) is 10.3. The monoisotopic (exact) mass is 378 g/mol. The lowest BCUT2D eigenvalue weighted by Crippen LogP contribution is -2.26. The van der Waals surface area contributed by atoms with E-state index in [0.29, 0.717) is 6.42 Å². The molecule has 0 saturated heterocycles. The van der Waals surface area contributed by atoms with Gasteiger partial charge in [0, 0.05) is 15.9 Å². The Bertz CT molecular complexity index is 702. The molecule has 1 heterocycles. The van der Waals surface area contributed by atoms with Crippen LogP contribution in [0.15, 0.2) is 39.0 Å². The van der Waals surface area contributed by atoms with Crippen LogP contribution in [0.4, 0.5) is 10.1 Å². The molecule has 1 aromatic carbocycles. The Labute approximate surface area is 129 Å². The molecule has 108 valence electrons. The number of nitrogens with one attached hydrogen (secondary N) is 1. The number of benzene rings is 1. The lowest BCUT2D eigenvalue weighted by atomic mass is 10.3. The van der Waals surface area contributed by atoms with E-state index < -0.39 is 15.8 Å². The molecule has 1 aromatic heterocycles. The van der Waals surface area contributed by atoms with Gasteiger partial charge >= 0.3 is 0 Å². The fourth-order valence-electron chi connectivity index (χ4n) is 1.59. The van der Waals surface area contributed by atoms with E-state index >= 15 is 0 Å². The topological polar surface area (TPSA) is 72.2 Å². The predicted molar refractivity (Wildman–Crippen MR) is 81.7 cm³/mol. The summed E-state index contributed by atoms with van der Waals surface area (Å²) in [6.07, 6.45) is 0.602. The van der Waals surface area contributed by atoms with Crippen LogP contribution in [0.25, 0.3) is 0 Å². The van der Waals surface area contributed by atoms with Crippen LogP contribution >= 0.6 is 27.3 Å². The molecule has 20 heavy (non-hydrogen) atoms. The van der Waals surface area contributed by atoms with Crippen LogP contribution in [-0.4, -0.2) is 15.0 Å². The Balaban J connectivity index is 2.12. The first-order chi connectivity index (χ1) is 9.40. The average molecular weight is 379 g/mol. The number of hydrogen-bond donors (Lipinski definition) is 2. The number of halogens is 2. The summed E-state index contributed by atoms with van der Waals surface area (Å²) in [6.45, 7) is 0.270. The summed E-state index contributed by atoms with van der Waals surface area (Å²) in [5.74, 6) is -0.658. The van der Waals surface area contributed by atoms with Crippen molar-refractivity contribution in [1.29, 1.82) is 0 Å². The van der Waals surface area contributed by atoms with Crippen molar-refractivity contribution in [2.45, 2.75) is 11.3 Å². The molecule has 4 nitrogen and oxygen atoms in total. The first kappa shape index (κ1) is 15.4. The van der Waals surface area contributed by atoms with Crippen molar-refractivity contribution in [3.63, 3.8) is 0 Å². The fourth-order valence-corrected chi connectivity index (χ4v) is 4.38. The summed E-state index contributed by atoms with van der Waals surface area (Å²) in [5.41, 5.74) is 5.20. The van der Waals surface area contributed by atoms with Gasteiger partial charge in [0.2, 0.25) is 10.0 Å². The second-order valence-corrected chi connectivity index (χ2v) is 7.65. The van der Waals surface area contributed by atoms with Gasteiger partial charge in [-0.1, -0.05) is 6.07 Å². The number of hydrogen-bond acceptors (Lipinski definition) is 4. The lowest BCUT2D eigenvalue weighted by Gasteiger charge is -2.09. The number of nitrogen functional groups attached to an aromatic ring is 1. The third-order valence-corrected chi connectivity index (χ3v) is 5.94. The third-order valence-electron chi connectivity index (χ3n) is 2.58. The van der Waals surface area contributed by atoms with Crippen molar-refractivity contribution < 1.29 is 12.8 Å². The van der Waals surface area contributed by atoms with Gasteiger partial charge in [-0.05, 0) is 45.9 Å². The molecule has 0 unspecified atom stereocenters. The number of anilines is 1. The van der Waals surface area contributed by atoms with Gasteiger partial charge in [0.15, 0.2) is 0 Å². The van der Waals surface area contributed by atoms with Crippen molar-refractivity contribution in [3.05, 3.63) is 44.8 Å². The second kappa shape index (κ2) is 6.21. The van der Waals surface area contributed by atoms with Gasteiger partial charge in [-0.2, -0.15) is 0 Å². The molecule has 0 atom stereocenters. The molecule has 2 aromatic rings. The van der Waals surface area contributed by atoms with Gasteiger partial charge < -0.3 is 5.73 Å². The molecule has 3 N–H and O–H groups in total. The summed E-state index contributed by atoms with van der Waals surface area (Å²) >= 11 is 4.60. The van der Waals surface area contributed by atoms with Crippen molar-refractivity contribution >= 4 is 43.0 Å². The van der Waals surface area contributed by atoms with E-state index in [1.54, 1.807) is 11.3 Å². The minimum atomic E-state index is -3.72. The molecule has 0 spiro atoms. The molecule has 2 rings (SSSR count). The number of nitrogens with two attached hydrogens (primary N) is 1. The minimum absolute atomic E-state index is 0.0671. The van der Waals surface area contributed by atoms with Gasteiger partial charge in [-0.25, -0.2) is 17.5 Å². The molecule has 0 aliphatic heterocycles. The van der Waals surface area contributed by atoms with Crippen LogP contribution in [-0.2, 0) is 16.4 Å². The number of sulfonamides is 1. The van der Waals surface area contributed by atoms with Gasteiger partial charge in [-0.3, -0.25) is 0 Å². The maximum atomic E-state index is 13.2. The van der Waals surface area contributed by atoms with Gasteiger partial charge in [0.25, 0.3) is 0 Å². The zero-order valence-corrected chi connectivity index (χ0v) is 13.5. The lowest BCUT2D eigenvalue weighted by molar-refractivity contribution is 0.580. The molecule has 0 aliphatic rings. The van der Waals surface area contributed by atoms with E-state index in [9.17, 15) is 12.8 Å². The smallest absolute Gasteiger partial charge is 0.241 e.